The molecule has 2 rings (SSSR count). The number of rotatable bonds is 5. The van der Waals surface area contributed by atoms with Crippen molar-refractivity contribution in [2.24, 2.45) is 11.8 Å². The highest BCUT2D eigenvalue weighted by Gasteiger charge is 2.33. The molecule has 2 aliphatic heterocycles. The minimum Gasteiger partial charge on any atom is -0.350 e. The minimum atomic E-state index is -0.816. The van der Waals surface area contributed by atoms with Crippen molar-refractivity contribution in [3.63, 3.8) is 0 Å². The highest BCUT2D eigenvalue weighted by Crippen LogP contribution is 2.24. The Kier molecular flexibility index (Phi) is 5.79. The quantitative estimate of drug-likeness (QED) is 0.824. The predicted molar refractivity (Wildman–Crippen MR) is 81.9 cm³/mol. The zero-order chi connectivity index (χ0) is 16.2. The Labute approximate surface area is 132 Å². The van der Waals surface area contributed by atoms with E-state index in [4.69, 9.17) is 9.47 Å². The third-order valence-electron chi connectivity index (χ3n) is 4.73. The van der Waals surface area contributed by atoms with Crippen molar-refractivity contribution in [1.29, 1.82) is 5.26 Å². The van der Waals surface area contributed by atoms with Crippen LogP contribution in [0.2, 0.25) is 0 Å². The van der Waals surface area contributed by atoms with Gasteiger partial charge in [0, 0.05) is 12.5 Å². The lowest BCUT2D eigenvalue weighted by Crippen LogP contribution is -2.53. The molecule has 2 saturated heterocycles. The molecule has 0 radical (unpaired) electrons. The molecule has 2 fully saturated rings. The monoisotopic (exact) mass is 309 g/mol. The van der Waals surface area contributed by atoms with E-state index in [9.17, 15) is 10.1 Å². The van der Waals surface area contributed by atoms with E-state index in [1.807, 2.05) is 13.8 Å². The van der Waals surface area contributed by atoms with E-state index < -0.39 is 5.54 Å². The Morgan fingerprint density at radius 1 is 1.45 bits per heavy atom. The number of piperidine rings is 1. The number of likely N-dealkylation sites (tertiary alicyclic amines) is 1. The van der Waals surface area contributed by atoms with Crippen molar-refractivity contribution in [2.75, 3.05) is 32.8 Å². The lowest BCUT2D eigenvalue weighted by Gasteiger charge is -2.35. The predicted octanol–water partition coefficient (Wildman–Crippen LogP) is 1.13. The summed E-state index contributed by atoms with van der Waals surface area (Å²) in [5.74, 6) is 0.305. The number of carbonyl (C=O) groups excluding carboxylic acids is 1. The fourth-order valence-electron chi connectivity index (χ4n) is 2.94. The first-order chi connectivity index (χ1) is 10.4. The zero-order valence-corrected chi connectivity index (χ0v) is 13.8. The van der Waals surface area contributed by atoms with Gasteiger partial charge in [0.15, 0.2) is 6.29 Å². The van der Waals surface area contributed by atoms with Crippen molar-refractivity contribution >= 4 is 5.91 Å². The molecule has 0 aromatic carbocycles. The number of nitrogens with one attached hydrogen (secondary N) is 1. The highest BCUT2D eigenvalue weighted by molar-refractivity contribution is 5.79. The topological polar surface area (TPSA) is 74.6 Å². The average Bonchev–Trinajstić information content (AvgIpc) is 3.01. The van der Waals surface area contributed by atoms with Crippen LogP contribution in [0.15, 0.2) is 0 Å². The molecule has 0 unspecified atom stereocenters. The van der Waals surface area contributed by atoms with E-state index in [-0.39, 0.29) is 18.1 Å². The summed E-state index contributed by atoms with van der Waals surface area (Å²) in [4.78, 5) is 14.4. The Morgan fingerprint density at radius 3 is 2.73 bits per heavy atom. The third-order valence-corrected chi connectivity index (χ3v) is 4.73. The molecule has 0 aromatic rings. The molecule has 0 aliphatic carbocycles. The lowest BCUT2D eigenvalue weighted by atomic mass is 9.90. The Hall–Kier alpha value is -1.16. The summed E-state index contributed by atoms with van der Waals surface area (Å²) in [5.41, 5.74) is -0.816. The first-order valence-electron chi connectivity index (χ1n) is 8.12. The Balaban J connectivity index is 1.84. The number of nitriles is 1. The van der Waals surface area contributed by atoms with Crippen molar-refractivity contribution in [2.45, 2.75) is 45.4 Å². The molecule has 124 valence electrons. The summed E-state index contributed by atoms with van der Waals surface area (Å²) >= 11 is 0. The van der Waals surface area contributed by atoms with Gasteiger partial charge < -0.3 is 14.8 Å². The summed E-state index contributed by atoms with van der Waals surface area (Å²) in [5, 5.41) is 12.2. The number of hydrogen-bond acceptors (Lipinski definition) is 5. The maximum atomic E-state index is 12.3. The van der Waals surface area contributed by atoms with Crippen LogP contribution in [-0.4, -0.2) is 55.5 Å². The van der Waals surface area contributed by atoms with Gasteiger partial charge in [-0.25, -0.2) is 0 Å². The van der Waals surface area contributed by atoms with Gasteiger partial charge in [-0.3, -0.25) is 9.69 Å². The molecule has 22 heavy (non-hydrogen) atoms. The molecular formula is C16H27N3O3. The molecule has 2 heterocycles. The fraction of sp³-hybridized carbons (Fsp3) is 0.875. The van der Waals surface area contributed by atoms with Crippen molar-refractivity contribution in [3.8, 4) is 6.07 Å². The fourth-order valence-corrected chi connectivity index (χ4v) is 2.94. The van der Waals surface area contributed by atoms with Gasteiger partial charge in [0.2, 0.25) is 5.91 Å². The molecule has 1 amide bonds. The number of carbonyl (C=O) groups is 1. The van der Waals surface area contributed by atoms with E-state index >= 15 is 0 Å². The van der Waals surface area contributed by atoms with Gasteiger partial charge in [-0.15, -0.1) is 0 Å². The van der Waals surface area contributed by atoms with Gasteiger partial charge >= 0.3 is 0 Å². The first-order valence-corrected chi connectivity index (χ1v) is 8.12. The Bertz CT molecular complexity index is 429. The summed E-state index contributed by atoms with van der Waals surface area (Å²) in [6.45, 7) is 9.02. The van der Waals surface area contributed by atoms with E-state index in [2.05, 4.69) is 16.3 Å². The standard InChI is InChI=1S/C16H27N3O3/c1-12(2)16(3,11-17)18-14(20)10-19-6-4-5-13(9-19)15-21-7-8-22-15/h12-13,15H,4-10H2,1-3H3,(H,18,20)/t13-,16-/m0/s1. The number of nitrogens with zero attached hydrogens (tertiary/aromatic N) is 2. The van der Waals surface area contributed by atoms with E-state index in [0.29, 0.717) is 25.7 Å². The maximum absolute atomic E-state index is 12.3. The molecular weight excluding hydrogens is 282 g/mol. The van der Waals surface area contributed by atoms with Crippen LogP contribution in [0.5, 0.6) is 0 Å². The van der Waals surface area contributed by atoms with Gasteiger partial charge in [0.1, 0.15) is 5.54 Å². The van der Waals surface area contributed by atoms with Crippen molar-refractivity contribution < 1.29 is 14.3 Å². The van der Waals surface area contributed by atoms with E-state index in [1.54, 1.807) is 6.92 Å². The van der Waals surface area contributed by atoms with Gasteiger partial charge in [-0.2, -0.15) is 5.26 Å². The van der Waals surface area contributed by atoms with Crippen LogP contribution >= 0.6 is 0 Å². The summed E-state index contributed by atoms with van der Waals surface area (Å²) < 4.78 is 11.2. The highest BCUT2D eigenvalue weighted by atomic mass is 16.7. The summed E-state index contributed by atoms with van der Waals surface area (Å²) in [7, 11) is 0. The molecule has 2 aliphatic rings. The molecule has 6 heteroatoms. The van der Waals surface area contributed by atoms with Crippen LogP contribution in [0.25, 0.3) is 0 Å². The second kappa shape index (κ2) is 7.40. The van der Waals surface area contributed by atoms with Gasteiger partial charge in [0.25, 0.3) is 0 Å². The zero-order valence-electron chi connectivity index (χ0n) is 13.8. The number of amides is 1. The molecule has 0 aromatic heterocycles. The van der Waals surface area contributed by atoms with Gasteiger partial charge in [-0.1, -0.05) is 13.8 Å². The third kappa shape index (κ3) is 4.19. The van der Waals surface area contributed by atoms with E-state index in [0.717, 1.165) is 25.9 Å². The summed E-state index contributed by atoms with van der Waals surface area (Å²) in [6, 6.07) is 2.21. The van der Waals surface area contributed by atoms with Crippen molar-refractivity contribution in [3.05, 3.63) is 0 Å². The smallest absolute Gasteiger partial charge is 0.235 e. The number of hydrogen-bond donors (Lipinski definition) is 1. The molecule has 6 nitrogen and oxygen atoms in total. The number of ether oxygens (including phenoxy) is 2. The summed E-state index contributed by atoms with van der Waals surface area (Å²) in [6.07, 6.45) is 2.00. The van der Waals surface area contributed by atoms with E-state index in [1.165, 1.54) is 0 Å². The molecule has 1 N–H and O–H groups in total. The van der Waals surface area contributed by atoms with Crippen LogP contribution in [0.4, 0.5) is 0 Å². The van der Waals surface area contributed by atoms with Crippen LogP contribution in [-0.2, 0) is 14.3 Å². The van der Waals surface area contributed by atoms with Crippen LogP contribution < -0.4 is 5.32 Å². The Morgan fingerprint density at radius 2 is 2.14 bits per heavy atom. The first kappa shape index (κ1) is 17.2. The molecule has 0 saturated carbocycles. The van der Waals surface area contributed by atoms with Gasteiger partial charge in [-0.05, 0) is 32.2 Å². The maximum Gasteiger partial charge on any atom is 0.235 e. The second-order valence-electron chi connectivity index (χ2n) is 6.76. The average molecular weight is 309 g/mol. The second-order valence-corrected chi connectivity index (χ2v) is 6.76. The largest absolute Gasteiger partial charge is 0.350 e. The SMILES string of the molecule is CC(C)[C@](C)(C#N)NC(=O)CN1CCC[C@H](C2OCCO2)C1. The van der Waals surface area contributed by atoms with Gasteiger partial charge in [0.05, 0.1) is 25.8 Å². The molecule has 0 bridgehead atoms. The lowest BCUT2D eigenvalue weighted by molar-refractivity contribution is -0.127. The van der Waals surface area contributed by atoms with Crippen molar-refractivity contribution in [1.82, 2.24) is 10.2 Å². The van der Waals surface area contributed by atoms with Crippen LogP contribution in [0, 0.1) is 23.2 Å². The van der Waals surface area contributed by atoms with Crippen LogP contribution in [0.1, 0.15) is 33.6 Å². The van der Waals surface area contributed by atoms with Crippen LogP contribution in [0.3, 0.4) is 0 Å². The normalized spacial score (nSPS) is 26.6. The molecule has 0 spiro atoms. The minimum absolute atomic E-state index is 0.0656. The molecule has 2 atom stereocenters.